The molecule has 0 spiro atoms. The molecule has 1 aliphatic heterocycles. The largest absolute Gasteiger partial charge is 0.348 e. The molecule has 3 N–H and O–H groups in total. The van der Waals surface area contributed by atoms with Gasteiger partial charge in [-0.2, -0.15) is 5.10 Å². The highest BCUT2D eigenvalue weighted by Gasteiger charge is 2.28. The molecule has 162 valence electrons. The third-order valence-electron chi connectivity index (χ3n) is 4.63. The van der Waals surface area contributed by atoms with Crippen molar-refractivity contribution >= 4 is 62.3 Å². The van der Waals surface area contributed by atoms with Gasteiger partial charge in [0.25, 0.3) is 11.8 Å². The maximum atomic E-state index is 12.6. The number of hydrogen-bond donors (Lipinski definition) is 3. The third kappa shape index (κ3) is 5.06. The summed E-state index contributed by atoms with van der Waals surface area (Å²) in [7, 11) is -3.25. The molecule has 0 saturated carbocycles. The van der Waals surface area contributed by atoms with Crippen LogP contribution in [0.1, 0.15) is 33.7 Å². The number of nitrogens with zero attached hydrogens (tertiary/aromatic N) is 2. The Labute approximate surface area is 188 Å². The molecule has 9 nitrogen and oxygen atoms in total. The summed E-state index contributed by atoms with van der Waals surface area (Å²) in [6.45, 7) is 0.638. The number of carbonyl (C=O) groups excluding carboxylic acids is 2. The zero-order valence-electron chi connectivity index (χ0n) is 15.7. The van der Waals surface area contributed by atoms with E-state index in [2.05, 4.69) is 20.8 Å². The minimum absolute atomic E-state index is 0.00574. The Morgan fingerprint density at radius 1 is 1.13 bits per heavy atom. The maximum absolute atomic E-state index is 12.6. The lowest BCUT2D eigenvalue weighted by Crippen LogP contribution is -2.46. The van der Waals surface area contributed by atoms with E-state index in [1.165, 1.54) is 22.6 Å². The van der Waals surface area contributed by atoms with Gasteiger partial charge in [-0.3, -0.25) is 14.7 Å². The molecule has 1 aromatic carbocycles. The number of hydrogen-bond acceptors (Lipinski definition) is 5. The van der Waals surface area contributed by atoms with Crippen LogP contribution in [-0.4, -0.2) is 60.1 Å². The van der Waals surface area contributed by atoms with Crippen molar-refractivity contribution in [3.05, 3.63) is 44.7 Å². The Morgan fingerprint density at radius 3 is 2.40 bits per heavy atom. The molecule has 0 atom stereocenters. The van der Waals surface area contributed by atoms with E-state index in [4.69, 9.17) is 34.8 Å². The first kappa shape index (κ1) is 22.8. The molecule has 1 aliphatic rings. The molecule has 13 heteroatoms. The van der Waals surface area contributed by atoms with Crippen LogP contribution in [0.4, 0.5) is 5.69 Å². The SMILES string of the molecule is CS(=O)(=O)N1CCC(NC(=O)c2n[nH]cc2NC(=O)c2c(Cl)ccc(Cl)c2Cl)CC1. The van der Waals surface area contributed by atoms with E-state index in [9.17, 15) is 18.0 Å². The highest BCUT2D eigenvalue weighted by Crippen LogP contribution is 2.32. The lowest BCUT2D eigenvalue weighted by Gasteiger charge is -2.30. The van der Waals surface area contributed by atoms with Crippen LogP contribution in [0.5, 0.6) is 0 Å². The number of carbonyl (C=O) groups is 2. The molecule has 0 radical (unpaired) electrons. The summed E-state index contributed by atoms with van der Waals surface area (Å²) >= 11 is 18.1. The van der Waals surface area contributed by atoms with E-state index in [1.807, 2.05) is 0 Å². The molecule has 1 aromatic heterocycles. The number of piperidine rings is 1. The average molecular weight is 495 g/mol. The van der Waals surface area contributed by atoms with Gasteiger partial charge in [0.05, 0.1) is 32.6 Å². The molecule has 2 heterocycles. The Bertz CT molecular complexity index is 1080. The molecular formula is C17H18Cl3N5O4S. The number of rotatable bonds is 5. The molecule has 1 fully saturated rings. The zero-order chi connectivity index (χ0) is 22.1. The fraction of sp³-hybridized carbons (Fsp3) is 0.353. The zero-order valence-corrected chi connectivity index (χ0v) is 18.8. The number of amides is 2. The van der Waals surface area contributed by atoms with Crippen LogP contribution in [0, 0.1) is 0 Å². The van der Waals surface area contributed by atoms with Crippen LogP contribution < -0.4 is 10.6 Å². The monoisotopic (exact) mass is 493 g/mol. The van der Waals surface area contributed by atoms with Crippen LogP contribution in [0.15, 0.2) is 18.3 Å². The van der Waals surface area contributed by atoms with Gasteiger partial charge in [0.15, 0.2) is 5.69 Å². The second kappa shape index (κ2) is 9.11. The number of sulfonamides is 1. The number of aromatic nitrogens is 2. The smallest absolute Gasteiger partial charge is 0.274 e. The number of nitrogens with one attached hydrogen (secondary N) is 3. The molecule has 1 saturated heterocycles. The van der Waals surface area contributed by atoms with Gasteiger partial charge in [0.1, 0.15) is 0 Å². The number of halogens is 3. The minimum atomic E-state index is -3.25. The van der Waals surface area contributed by atoms with Crippen molar-refractivity contribution in [2.24, 2.45) is 0 Å². The summed E-state index contributed by atoms with van der Waals surface area (Å²) < 4.78 is 24.6. The van der Waals surface area contributed by atoms with Crippen molar-refractivity contribution < 1.29 is 18.0 Å². The fourth-order valence-electron chi connectivity index (χ4n) is 3.06. The molecule has 0 bridgehead atoms. The molecule has 30 heavy (non-hydrogen) atoms. The van der Waals surface area contributed by atoms with Gasteiger partial charge in [-0.05, 0) is 25.0 Å². The van der Waals surface area contributed by atoms with Crippen molar-refractivity contribution in [3.8, 4) is 0 Å². The van der Waals surface area contributed by atoms with Crippen LogP contribution in [0.25, 0.3) is 0 Å². The summed E-state index contributed by atoms with van der Waals surface area (Å²) in [6, 6.07) is 2.69. The molecule has 2 amide bonds. The first-order valence-corrected chi connectivity index (χ1v) is 11.8. The second-order valence-corrected chi connectivity index (χ2v) is 9.90. The fourth-order valence-corrected chi connectivity index (χ4v) is 4.64. The summed E-state index contributed by atoms with van der Waals surface area (Å²) in [5, 5.41) is 12.1. The predicted octanol–water partition coefficient (Wildman–Crippen LogP) is 2.78. The van der Waals surface area contributed by atoms with Gasteiger partial charge in [-0.25, -0.2) is 12.7 Å². The van der Waals surface area contributed by atoms with E-state index in [0.717, 1.165) is 6.26 Å². The molecular weight excluding hydrogens is 477 g/mol. The van der Waals surface area contributed by atoms with Crippen molar-refractivity contribution in [2.45, 2.75) is 18.9 Å². The minimum Gasteiger partial charge on any atom is -0.348 e. The highest BCUT2D eigenvalue weighted by atomic mass is 35.5. The van der Waals surface area contributed by atoms with Crippen LogP contribution in [-0.2, 0) is 10.0 Å². The van der Waals surface area contributed by atoms with Gasteiger partial charge in [-0.1, -0.05) is 34.8 Å². The van der Waals surface area contributed by atoms with Gasteiger partial charge < -0.3 is 10.6 Å². The van der Waals surface area contributed by atoms with Crippen molar-refractivity contribution in [1.82, 2.24) is 19.8 Å². The Morgan fingerprint density at radius 2 is 1.77 bits per heavy atom. The standard InChI is InChI=1S/C17H18Cl3N5O4S/c1-30(28,29)25-6-4-9(5-7-25)22-17(27)15-12(8-21-24-15)23-16(26)13-10(18)2-3-11(19)14(13)20/h2-3,8-9H,4-7H2,1H3,(H,21,24)(H,22,27)(H,23,26). The predicted molar refractivity (Wildman–Crippen MR) is 115 cm³/mol. The number of aromatic amines is 1. The van der Waals surface area contributed by atoms with Gasteiger partial charge in [0, 0.05) is 25.3 Å². The van der Waals surface area contributed by atoms with Crippen LogP contribution in [0.2, 0.25) is 15.1 Å². The summed E-state index contributed by atoms with van der Waals surface area (Å²) in [5.74, 6) is -1.16. The third-order valence-corrected chi connectivity index (χ3v) is 7.06. The van der Waals surface area contributed by atoms with Crippen LogP contribution in [0.3, 0.4) is 0 Å². The molecule has 0 unspecified atom stereocenters. The maximum Gasteiger partial charge on any atom is 0.274 e. The average Bonchev–Trinajstić information content (AvgIpc) is 3.13. The quantitative estimate of drug-likeness (QED) is 0.551. The van der Waals surface area contributed by atoms with E-state index in [0.29, 0.717) is 25.9 Å². The lowest BCUT2D eigenvalue weighted by molar-refractivity contribution is 0.0919. The van der Waals surface area contributed by atoms with E-state index >= 15 is 0 Å². The van der Waals surface area contributed by atoms with E-state index in [-0.39, 0.29) is 38.1 Å². The van der Waals surface area contributed by atoms with Gasteiger partial charge in [0.2, 0.25) is 10.0 Å². The topological polar surface area (TPSA) is 124 Å². The highest BCUT2D eigenvalue weighted by molar-refractivity contribution is 7.88. The summed E-state index contributed by atoms with van der Waals surface area (Å²) in [6.07, 6.45) is 3.45. The Balaban J connectivity index is 1.68. The number of anilines is 1. The van der Waals surface area contributed by atoms with E-state index < -0.39 is 21.8 Å². The molecule has 2 aromatic rings. The first-order chi connectivity index (χ1) is 14.1. The second-order valence-electron chi connectivity index (χ2n) is 6.73. The molecule has 0 aliphatic carbocycles. The van der Waals surface area contributed by atoms with Crippen LogP contribution >= 0.6 is 34.8 Å². The van der Waals surface area contributed by atoms with E-state index in [1.54, 1.807) is 0 Å². The Hall–Kier alpha value is -1.85. The number of benzene rings is 1. The van der Waals surface area contributed by atoms with Gasteiger partial charge in [-0.15, -0.1) is 0 Å². The number of H-pyrrole nitrogens is 1. The van der Waals surface area contributed by atoms with Crippen molar-refractivity contribution in [3.63, 3.8) is 0 Å². The lowest BCUT2D eigenvalue weighted by atomic mass is 10.1. The Kier molecular flexibility index (Phi) is 6.93. The first-order valence-electron chi connectivity index (χ1n) is 8.82. The molecule has 3 rings (SSSR count). The normalized spacial score (nSPS) is 15.7. The van der Waals surface area contributed by atoms with Crippen molar-refractivity contribution in [2.75, 3.05) is 24.7 Å². The summed E-state index contributed by atoms with van der Waals surface area (Å²) in [5.41, 5.74) is 0.0906. The van der Waals surface area contributed by atoms with Gasteiger partial charge >= 0.3 is 0 Å². The van der Waals surface area contributed by atoms with Crippen molar-refractivity contribution in [1.29, 1.82) is 0 Å². The summed E-state index contributed by atoms with van der Waals surface area (Å²) in [4.78, 5) is 25.3.